The Balaban J connectivity index is 0.781. The van der Waals surface area contributed by atoms with E-state index in [-0.39, 0.29) is 67.5 Å². The van der Waals surface area contributed by atoms with E-state index in [2.05, 4.69) is 86.6 Å². The third-order valence-corrected chi connectivity index (χ3v) is 19.5. The van der Waals surface area contributed by atoms with Crippen LogP contribution >= 0.6 is 0 Å². The maximum absolute atomic E-state index is 14.4. The molecule has 0 unspecified atom stereocenters. The van der Waals surface area contributed by atoms with Crippen LogP contribution < -0.4 is 9.80 Å². The van der Waals surface area contributed by atoms with Crippen molar-refractivity contribution < 1.29 is 38.4 Å². The molecule has 4 fully saturated rings. The molecule has 0 radical (unpaired) electrons. The van der Waals surface area contributed by atoms with E-state index >= 15 is 0 Å². The van der Waals surface area contributed by atoms with Crippen molar-refractivity contribution >= 4 is 58.6 Å². The van der Waals surface area contributed by atoms with Crippen LogP contribution in [-0.4, -0.2) is 71.2 Å². The number of nitrogens with zero attached hydrogens (tertiary/aromatic N) is 4. The van der Waals surface area contributed by atoms with E-state index in [1.807, 2.05) is 24.3 Å². The number of hydrogen-bond donors (Lipinski definition) is 0. The number of aryl methyl sites for hydroxylation is 2. The molecule has 8 aromatic rings. The summed E-state index contributed by atoms with van der Waals surface area (Å²) in [6.07, 6.45) is 5.32. The van der Waals surface area contributed by atoms with Crippen molar-refractivity contribution in [3.8, 4) is 22.3 Å². The number of rotatable bonds is 8. The number of imide groups is 4. The molecule has 4 aliphatic heterocycles. The van der Waals surface area contributed by atoms with E-state index in [9.17, 15) is 38.4 Å². The van der Waals surface area contributed by atoms with Crippen molar-refractivity contribution in [3.05, 3.63) is 248 Å². The number of amides is 8. The molecule has 16 rings (SSSR count). The van der Waals surface area contributed by atoms with Gasteiger partial charge in [0.1, 0.15) is 0 Å². The summed E-state index contributed by atoms with van der Waals surface area (Å²) in [5.41, 5.74) is 11.8. The number of benzene rings is 8. The van der Waals surface area contributed by atoms with Gasteiger partial charge < -0.3 is 0 Å². The van der Waals surface area contributed by atoms with Crippen LogP contribution in [0, 0.1) is 13.8 Å². The van der Waals surface area contributed by atoms with E-state index in [1.54, 1.807) is 72.8 Å². The van der Waals surface area contributed by atoms with Crippen LogP contribution in [0.4, 0.5) is 11.4 Å². The van der Waals surface area contributed by atoms with Crippen molar-refractivity contribution in [2.45, 2.75) is 74.0 Å². The minimum absolute atomic E-state index is 0.261. The lowest BCUT2D eigenvalue weighted by molar-refractivity contribution is -0.0691. The molecule has 4 heterocycles. The highest BCUT2D eigenvalue weighted by Crippen LogP contribution is 2.75. The van der Waals surface area contributed by atoms with Crippen LogP contribution in [0.15, 0.2) is 170 Å². The van der Waals surface area contributed by atoms with E-state index in [1.165, 1.54) is 46.1 Å². The minimum atomic E-state index is -0.442. The maximum Gasteiger partial charge on any atom is 0.266 e. The number of anilines is 2. The Labute approximate surface area is 472 Å². The molecule has 12 nitrogen and oxygen atoms in total. The predicted molar refractivity (Wildman–Crippen MR) is 309 cm³/mol. The Morgan fingerprint density at radius 2 is 0.488 bits per heavy atom. The molecule has 400 valence electrons. The third kappa shape index (κ3) is 6.84. The quantitative estimate of drug-likeness (QED) is 0.137. The Morgan fingerprint density at radius 1 is 0.268 bits per heavy atom. The van der Waals surface area contributed by atoms with Gasteiger partial charge in [0, 0.05) is 14.1 Å². The molecule has 0 saturated heterocycles. The van der Waals surface area contributed by atoms with Gasteiger partial charge in [-0.1, -0.05) is 108 Å². The zero-order chi connectivity index (χ0) is 56.5. The van der Waals surface area contributed by atoms with Gasteiger partial charge in [0.05, 0.1) is 55.9 Å². The molecule has 4 aliphatic carbocycles. The average molecular weight is 1080 g/mol. The standard InChI is InChI=1S/C70H52N4O8/c1-39-5-13-45(14-6-39)67-33-68(46-15-7-40(2)8-16-46)36-69(34-67,47-17-21-49(22-18-47)73-63(79)53-27-11-43(31-57(53)65(73)81)41-9-25-51-55(29-41)61(77)71(3)59(51)75)38-70(35-67,37-68)48-19-23-50(24-20-48)74-64(80)54-28-12-44(32-58(54)66(74)82)42-10-26-52-56(30-42)62(78)72(4)60(52)76/h5-32H,33-38H2,1-4H3. The second kappa shape index (κ2) is 16.9. The fourth-order valence-corrected chi connectivity index (χ4v) is 16.0. The van der Waals surface area contributed by atoms with Gasteiger partial charge in [0.2, 0.25) is 0 Å². The summed E-state index contributed by atoms with van der Waals surface area (Å²) in [6.45, 7) is 4.23. The first kappa shape index (κ1) is 49.4. The molecule has 0 spiro atoms. The Morgan fingerprint density at radius 3 is 0.768 bits per heavy atom. The molecule has 4 saturated carbocycles. The summed E-state index contributed by atoms with van der Waals surface area (Å²) in [4.78, 5) is 113. The van der Waals surface area contributed by atoms with E-state index in [4.69, 9.17) is 0 Å². The molecule has 4 bridgehead atoms. The van der Waals surface area contributed by atoms with Crippen LogP contribution in [0.5, 0.6) is 0 Å². The summed E-state index contributed by atoms with van der Waals surface area (Å²) in [5.74, 6) is -3.23. The third-order valence-electron chi connectivity index (χ3n) is 19.5. The molecule has 0 N–H and O–H groups in total. The van der Waals surface area contributed by atoms with Gasteiger partial charge in [-0.05, 0) is 191 Å². The normalized spacial score (nSPS) is 23.9. The van der Waals surface area contributed by atoms with Crippen LogP contribution in [0.3, 0.4) is 0 Å². The summed E-state index contributed by atoms with van der Waals surface area (Å²) in [6, 6.07) is 54.5. The minimum Gasteiger partial charge on any atom is -0.277 e. The largest absolute Gasteiger partial charge is 0.277 e. The topological polar surface area (TPSA) is 150 Å². The van der Waals surface area contributed by atoms with E-state index in [0.717, 1.165) is 59.5 Å². The van der Waals surface area contributed by atoms with Crippen molar-refractivity contribution in [1.29, 1.82) is 0 Å². The molecule has 0 atom stereocenters. The zero-order valence-electron chi connectivity index (χ0n) is 45.5. The number of fused-ring (bicyclic) bond motifs is 4. The van der Waals surface area contributed by atoms with Gasteiger partial charge in [-0.3, -0.25) is 48.2 Å². The summed E-state index contributed by atoms with van der Waals surface area (Å²) in [7, 11) is 2.90. The van der Waals surface area contributed by atoms with Crippen molar-refractivity contribution in [3.63, 3.8) is 0 Å². The number of carbonyl (C=O) groups is 8. The lowest BCUT2D eigenvalue weighted by Gasteiger charge is -2.71. The monoisotopic (exact) mass is 1080 g/mol. The first-order chi connectivity index (χ1) is 39.4. The Hall–Kier alpha value is -9.68. The first-order valence-corrected chi connectivity index (χ1v) is 27.7. The predicted octanol–water partition coefficient (Wildman–Crippen LogP) is 12.1. The first-order valence-electron chi connectivity index (χ1n) is 27.7. The molecule has 0 aromatic heterocycles. The molecule has 8 aromatic carbocycles. The summed E-state index contributed by atoms with van der Waals surface area (Å²) >= 11 is 0. The summed E-state index contributed by atoms with van der Waals surface area (Å²) in [5, 5.41) is 0. The van der Waals surface area contributed by atoms with Crippen molar-refractivity contribution in [1.82, 2.24) is 9.80 Å². The lowest BCUT2D eigenvalue weighted by Crippen LogP contribution is -2.67. The highest BCUT2D eigenvalue weighted by atomic mass is 16.2. The SMILES string of the molecule is Cc1ccc(C23CC4(c5ccc(C)cc5)CC(c5ccc(N6C(=O)c7ccc(-c8ccc9c(c8)C(=O)N(C)C9=O)cc7C6=O)cc5)(C2)CC(c2ccc(N5C(=O)c6ccc(-c7ccc8c(c7)C(=O)N(C)C8=O)cc6C5=O)cc2)(C3)C4)cc1. The van der Waals surface area contributed by atoms with Crippen molar-refractivity contribution in [2.75, 3.05) is 23.9 Å². The molecule has 8 amide bonds. The molecule has 12 heteroatoms. The fraction of sp³-hybridized carbons (Fsp3) is 0.200. The highest BCUT2D eigenvalue weighted by molar-refractivity contribution is 6.35. The summed E-state index contributed by atoms with van der Waals surface area (Å²) < 4.78 is 0. The van der Waals surface area contributed by atoms with Crippen molar-refractivity contribution in [2.24, 2.45) is 0 Å². The molecular weight excluding hydrogens is 1020 g/mol. The fourth-order valence-electron chi connectivity index (χ4n) is 16.0. The van der Waals surface area contributed by atoms with E-state index < -0.39 is 23.6 Å². The van der Waals surface area contributed by atoms with Gasteiger partial charge in [0.25, 0.3) is 47.3 Å². The number of carbonyl (C=O) groups excluding carboxylic acids is 8. The van der Waals surface area contributed by atoms with Crippen LogP contribution in [0.1, 0.15) is 155 Å². The van der Waals surface area contributed by atoms with Gasteiger partial charge in [0.15, 0.2) is 0 Å². The lowest BCUT2D eigenvalue weighted by atomic mass is 9.32. The van der Waals surface area contributed by atoms with Crippen LogP contribution in [0.2, 0.25) is 0 Å². The average Bonchev–Trinajstić information content (AvgIpc) is 1.22. The zero-order valence-corrected chi connectivity index (χ0v) is 45.5. The van der Waals surface area contributed by atoms with E-state index in [0.29, 0.717) is 55.9 Å². The van der Waals surface area contributed by atoms with Crippen LogP contribution in [-0.2, 0) is 21.7 Å². The van der Waals surface area contributed by atoms with Gasteiger partial charge in [-0.25, -0.2) is 9.80 Å². The maximum atomic E-state index is 14.4. The van der Waals surface area contributed by atoms with Gasteiger partial charge in [-0.15, -0.1) is 0 Å². The Kier molecular flexibility index (Phi) is 10.2. The molecule has 8 aliphatic rings. The highest BCUT2D eigenvalue weighted by Gasteiger charge is 2.69. The number of hydrogen-bond acceptors (Lipinski definition) is 8. The van der Waals surface area contributed by atoms with Gasteiger partial charge >= 0.3 is 0 Å². The second-order valence-electron chi connectivity index (χ2n) is 24.3. The molecule has 82 heavy (non-hydrogen) atoms. The second-order valence-corrected chi connectivity index (χ2v) is 24.3. The molecular formula is C70H52N4O8. The smallest absolute Gasteiger partial charge is 0.266 e. The van der Waals surface area contributed by atoms with Gasteiger partial charge in [-0.2, -0.15) is 0 Å². The Bertz CT molecular complexity index is 4010. The van der Waals surface area contributed by atoms with Crippen LogP contribution in [0.25, 0.3) is 22.3 Å².